The highest BCUT2D eigenvalue weighted by Gasteiger charge is 2.22. The molecule has 1 aliphatic rings. The molecule has 0 radical (unpaired) electrons. The number of nitrogens with one attached hydrogen (secondary N) is 1. The van der Waals surface area contributed by atoms with Crippen LogP contribution in [-0.4, -0.2) is 17.5 Å². The molecule has 1 unspecified atom stereocenters. The van der Waals surface area contributed by atoms with Gasteiger partial charge in [0.25, 0.3) is 0 Å². The van der Waals surface area contributed by atoms with Gasteiger partial charge in [-0.05, 0) is 109 Å². The number of anilines is 1. The summed E-state index contributed by atoms with van der Waals surface area (Å²) in [4.78, 5) is 0. The molecule has 6 aromatic carbocycles. The predicted octanol–water partition coefficient (Wildman–Crippen LogP) is 13.4. The number of hydrogen-bond donors (Lipinski definition) is 3. The number of aromatic nitrogens is 1. The van der Waals surface area contributed by atoms with Crippen molar-refractivity contribution >= 4 is 65.8 Å². The summed E-state index contributed by atoms with van der Waals surface area (Å²) >= 11 is 0. The Morgan fingerprint density at radius 1 is 0.737 bits per heavy atom. The summed E-state index contributed by atoms with van der Waals surface area (Å²) in [6, 6.07) is 42.2. The molecule has 0 spiro atoms. The second-order valence-electron chi connectivity index (χ2n) is 14.3. The van der Waals surface area contributed by atoms with Gasteiger partial charge in [0.05, 0.1) is 22.6 Å². The van der Waals surface area contributed by atoms with E-state index in [0.29, 0.717) is 0 Å². The van der Waals surface area contributed by atoms with E-state index in [1.807, 2.05) is 32.1 Å². The van der Waals surface area contributed by atoms with Crippen LogP contribution in [0.4, 0.5) is 5.69 Å². The van der Waals surface area contributed by atoms with Crippen LogP contribution in [0.1, 0.15) is 43.4 Å². The van der Waals surface area contributed by atoms with Gasteiger partial charge in [-0.1, -0.05) is 140 Å². The average Bonchev–Trinajstić information content (AvgIpc) is 3.77. The van der Waals surface area contributed by atoms with Gasteiger partial charge < -0.3 is 21.2 Å². The van der Waals surface area contributed by atoms with Gasteiger partial charge in [-0.3, -0.25) is 0 Å². The zero-order valence-electron chi connectivity index (χ0n) is 33.5. The smallest absolute Gasteiger partial charge is 0.0620 e. The quantitative estimate of drug-likeness (QED) is 0.112. The van der Waals surface area contributed by atoms with E-state index in [-0.39, 0.29) is 6.04 Å². The van der Waals surface area contributed by atoms with Crippen molar-refractivity contribution in [1.29, 1.82) is 0 Å². The summed E-state index contributed by atoms with van der Waals surface area (Å²) in [6.45, 7) is 13.4. The zero-order valence-corrected chi connectivity index (χ0v) is 33.5. The number of nitrogens with two attached hydrogens (primary N) is 2. The molecule has 4 heteroatoms. The van der Waals surface area contributed by atoms with Crippen molar-refractivity contribution in [3.8, 4) is 11.1 Å². The van der Waals surface area contributed by atoms with Gasteiger partial charge in [0, 0.05) is 38.5 Å². The van der Waals surface area contributed by atoms with Crippen LogP contribution in [0.3, 0.4) is 0 Å². The van der Waals surface area contributed by atoms with Gasteiger partial charge in [0.2, 0.25) is 0 Å². The van der Waals surface area contributed by atoms with E-state index in [9.17, 15) is 0 Å². The van der Waals surface area contributed by atoms with E-state index in [2.05, 4.69) is 169 Å². The van der Waals surface area contributed by atoms with E-state index in [1.165, 1.54) is 72.6 Å². The van der Waals surface area contributed by atoms with Gasteiger partial charge >= 0.3 is 0 Å². The van der Waals surface area contributed by atoms with Gasteiger partial charge in [0.1, 0.15) is 0 Å². The van der Waals surface area contributed by atoms with Crippen LogP contribution < -0.4 is 16.8 Å². The zero-order chi connectivity index (χ0) is 40.1. The normalized spacial score (nSPS) is 15.2. The maximum Gasteiger partial charge on any atom is 0.0620 e. The van der Waals surface area contributed by atoms with Crippen molar-refractivity contribution in [2.75, 3.05) is 12.4 Å². The summed E-state index contributed by atoms with van der Waals surface area (Å²) in [5.74, 6) is 0. The first kappa shape index (κ1) is 38.6. The summed E-state index contributed by atoms with van der Waals surface area (Å²) in [5, 5.41) is 11.7. The van der Waals surface area contributed by atoms with Gasteiger partial charge in [-0.25, -0.2) is 0 Å². The van der Waals surface area contributed by atoms with Crippen molar-refractivity contribution in [2.45, 2.75) is 39.7 Å². The lowest BCUT2D eigenvalue weighted by atomic mass is 9.90. The lowest BCUT2D eigenvalue weighted by molar-refractivity contribution is 0.733. The highest BCUT2D eigenvalue weighted by atomic mass is 14.9. The van der Waals surface area contributed by atoms with E-state index in [0.717, 1.165) is 46.5 Å². The molecule has 1 aliphatic carbocycles. The highest BCUT2D eigenvalue weighted by molar-refractivity contribution is 6.24. The number of aryl methyl sites for hydroxylation is 1. The van der Waals surface area contributed by atoms with Gasteiger partial charge in [-0.2, -0.15) is 0 Å². The summed E-state index contributed by atoms with van der Waals surface area (Å²) < 4.78 is 2.46. The molecule has 4 nitrogen and oxygen atoms in total. The minimum Gasteiger partial charge on any atom is -0.398 e. The Kier molecular flexibility index (Phi) is 11.5. The average molecular weight is 745 g/mol. The van der Waals surface area contributed by atoms with Gasteiger partial charge in [0.15, 0.2) is 0 Å². The third-order valence-corrected chi connectivity index (χ3v) is 11.0. The van der Waals surface area contributed by atoms with Crippen LogP contribution in [0.15, 0.2) is 177 Å². The summed E-state index contributed by atoms with van der Waals surface area (Å²) in [7, 11) is 1.50. The molecule has 8 aromatic rings. The predicted molar refractivity (Wildman–Crippen MR) is 251 cm³/mol. The highest BCUT2D eigenvalue weighted by Crippen LogP contribution is 2.42. The first-order chi connectivity index (χ1) is 28.0. The summed E-state index contributed by atoms with van der Waals surface area (Å²) in [5.41, 5.74) is 25.3. The van der Waals surface area contributed by atoms with Crippen LogP contribution in [0, 0.1) is 6.92 Å². The molecule has 0 saturated heterocycles. The Morgan fingerprint density at radius 2 is 1.42 bits per heavy atom. The molecule has 1 atom stereocenters. The Bertz CT molecular complexity index is 2860. The van der Waals surface area contributed by atoms with Crippen LogP contribution >= 0.6 is 0 Å². The topological polar surface area (TPSA) is 68.5 Å². The summed E-state index contributed by atoms with van der Waals surface area (Å²) in [6.07, 6.45) is 16.2. The van der Waals surface area contributed by atoms with Crippen LogP contribution in [0.2, 0.25) is 0 Å². The third kappa shape index (κ3) is 7.05. The van der Waals surface area contributed by atoms with E-state index in [1.54, 1.807) is 6.08 Å². The van der Waals surface area contributed by atoms with E-state index in [4.69, 9.17) is 5.73 Å². The lowest BCUT2D eigenvalue weighted by Crippen LogP contribution is -2.26. The molecule has 0 amide bonds. The Hall–Kier alpha value is -6.62. The number of hydrogen-bond acceptors (Lipinski definition) is 3. The molecule has 0 aliphatic heterocycles. The largest absolute Gasteiger partial charge is 0.398 e. The number of allylic oxidation sites excluding steroid dienone is 7. The van der Waals surface area contributed by atoms with Crippen molar-refractivity contribution in [1.82, 2.24) is 4.40 Å². The molecule has 0 fully saturated rings. The second kappa shape index (κ2) is 17.0. The molecular weight excluding hydrogens is 693 g/mol. The minimum absolute atomic E-state index is 0.0826. The van der Waals surface area contributed by atoms with Crippen molar-refractivity contribution in [3.05, 3.63) is 193 Å². The Balaban J connectivity index is 0.000000949. The van der Waals surface area contributed by atoms with Crippen LogP contribution in [0.25, 0.3) is 71.3 Å². The number of fused-ring (bicyclic) bond motifs is 7. The second-order valence-corrected chi connectivity index (χ2v) is 14.3. The fraction of sp³-hybridized carbons (Fsp3) is 0.132. The Morgan fingerprint density at radius 3 is 2.18 bits per heavy atom. The lowest BCUT2D eigenvalue weighted by Gasteiger charge is -2.27. The number of benzene rings is 6. The monoisotopic (exact) mass is 744 g/mol. The first-order valence-electron chi connectivity index (χ1n) is 19.8. The SMILES string of the molecule is C=C/C=C(\C=C/C)c1ccc(/C(N)=C2\C=CCCC2Nc2ccccc2-c2ccc3cc4c(cc3c2C)c2cccc3c5ccccc5n4c32)cc1.C=CC.CN. The van der Waals surface area contributed by atoms with Crippen molar-refractivity contribution in [3.63, 3.8) is 0 Å². The van der Waals surface area contributed by atoms with Crippen LogP contribution in [0.5, 0.6) is 0 Å². The maximum atomic E-state index is 6.96. The van der Waals surface area contributed by atoms with Crippen molar-refractivity contribution < 1.29 is 0 Å². The number of para-hydroxylation sites is 3. The maximum absolute atomic E-state index is 6.96. The molecule has 57 heavy (non-hydrogen) atoms. The van der Waals surface area contributed by atoms with Gasteiger partial charge in [-0.15, -0.1) is 6.58 Å². The number of rotatable bonds is 7. The molecule has 0 saturated carbocycles. The minimum atomic E-state index is 0.0826. The third-order valence-electron chi connectivity index (χ3n) is 11.0. The molecule has 5 N–H and O–H groups in total. The first-order valence-corrected chi connectivity index (χ1v) is 19.8. The van der Waals surface area contributed by atoms with Crippen molar-refractivity contribution in [2.24, 2.45) is 11.5 Å². The molecule has 9 rings (SSSR count). The molecule has 2 aromatic heterocycles. The molecule has 284 valence electrons. The molecular formula is C53H52N4. The standard InChI is InChI=1S/C49H41N3.C3H6.CH5N/c1-4-13-32(14-5-2)33-23-25-34(26-24-33)48(50)41-17-7-10-21-45(41)51-44-20-9-6-15-37(44)36-28-27-35-29-47-43(30-42(35)31(36)3)40-19-12-18-39-38-16-8-11-22-46(38)52(47)49(39)40;1-3-2;1-2/h4-9,11-20,22-30,45,51H,1,10,21,50H2,2-3H3;3H,1H2,2H3;2H2,1H3/b14-5-,32-13+,48-41-;;. The van der Waals surface area contributed by atoms with E-state index < -0.39 is 0 Å². The Labute approximate surface area is 336 Å². The fourth-order valence-corrected chi connectivity index (χ4v) is 8.46. The van der Waals surface area contributed by atoms with Crippen LogP contribution in [-0.2, 0) is 0 Å². The fourth-order valence-electron chi connectivity index (χ4n) is 8.46. The van der Waals surface area contributed by atoms with E-state index >= 15 is 0 Å². The number of nitrogens with zero attached hydrogens (tertiary/aromatic N) is 1. The molecule has 0 bridgehead atoms. The molecule has 2 heterocycles.